The number of hydrogen-bond donors (Lipinski definition) is 2. The summed E-state index contributed by atoms with van der Waals surface area (Å²) in [7, 11) is 4.46. The molecule has 0 unspecified atom stereocenters. The van der Waals surface area contributed by atoms with Crippen molar-refractivity contribution in [3.05, 3.63) is 47.5 Å². The minimum Gasteiger partial charge on any atom is -0.493 e. The monoisotopic (exact) mass is 352 g/mol. The molecule has 0 radical (unpaired) electrons. The van der Waals surface area contributed by atoms with Gasteiger partial charge in [0.2, 0.25) is 5.75 Å². The van der Waals surface area contributed by atoms with Gasteiger partial charge in [0.1, 0.15) is 11.6 Å². The highest BCUT2D eigenvalue weighted by Crippen LogP contribution is 2.38. The average molecular weight is 352 g/mol. The Balaban J connectivity index is 2.06. The van der Waals surface area contributed by atoms with Crippen LogP contribution in [0.1, 0.15) is 5.56 Å². The summed E-state index contributed by atoms with van der Waals surface area (Å²) in [6, 6.07) is 5.61. The molecule has 8 heteroatoms. The normalized spacial score (nSPS) is 10.1. The number of amides is 2. The number of carbonyl (C=O) groups is 1. The Labute approximate surface area is 143 Å². The minimum atomic E-state index is -0.858. The van der Waals surface area contributed by atoms with Crippen molar-refractivity contribution in [1.29, 1.82) is 0 Å². The van der Waals surface area contributed by atoms with Crippen LogP contribution in [0.25, 0.3) is 0 Å². The van der Waals surface area contributed by atoms with Crippen molar-refractivity contribution in [3.8, 4) is 17.2 Å². The summed E-state index contributed by atoms with van der Waals surface area (Å²) in [6.45, 7) is 0.130. The Morgan fingerprint density at radius 3 is 2.16 bits per heavy atom. The number of urea groups is 1. The molecular weight excluding hydrogens is 334 g/mol. The molecule has 2 aromatic rings. The van der Waals surface area contributed by atoms with Crippen LogP contribution >= 0.6 is 0 Å². The molecule has 0 heterocycles. The first kappa shape index (κ1) is 18.3. The molecule has 134 valence electrons. The first-order valence-corrected chi connectivity index (χ1v) is 7.27. The summed E-state index contributed by atoms with van der Waals surface area (Å²) in [5.74, 6) is -0.248. The van der Waals surface area contributed by atoms with Gasteiger partial charge < -0.3 is 24.8 Å². The lowest BCUT2D eigenvalue weighted by atomic mass is 10.2. The summed E-state index contributed by atoms with van der Waals surface area (Å²) in [6.07, 6.45) is 0. The number of rotatable bonds is 6. The molecule has 25 heavy (non-hydrogen) atoms. The van der Waals surface area contributed by atoms with Gasteiger partial charge in [0.15, 0.2) is 11.5 Å². The fraction of sp³-hybridized carbons (Fsp3) is 0.235. The van der Waals surface area contributed by atoms with Crippen molar-refractivity contribution in [2.75, 3.05) is 26.6 Å². The second-order valence-electron chi connectivity index (χ2n) is 4.97. The maximum Gasteiger partial charge on any atom is 0.319 e. The first-order chi connectivity index (χ1) is 12.0. The van der Waals surface area contributed by atoms with E-state index in [9.17, 15) is 13.6 Å². The molecule has 0 spiro atoms. The number of anilines is 1. The van der Waals surface area contributed by atoms with Gasteiger partial charge in [-0.1, -0.05) is 0 Å². The van der Waals surface area contributed by atoms with Crippen molar-refractivity contribution < 1.29 is 27.8 Å². The van der Waals surface area contributed by atoms with E-state index in [1.807, 2.05) is 0 Å². The van der Waals surface area contributed by atoms with E-state index in [-0.39, 0.29) is 12.2 Å². The van der Waals surface area contributed by atoms with Crippen LogP contribution < -0.4 is 24.8 Å². The molecule has 2 aromatic carbocycles. The fourth-order valence-electron chi connectivity index (χ4n) is 2.18. The zero-order valence-electron chi connectivity index (χ0n) is 14.0. The van der Waals surface area contributed by atoms with Crippen molar-refractivity contribution in [2.45, 2.75) is 6.54 Å². The second-order valence-corrected chi connectivity index (χ2v) is 4.97. The predicted molar refractivity (Wildman–Crippen MR) is 88.3 cm³/mol. The number of carbonyl (C=O) groups excluding carboxylic acids is 1. The number of ether oxygens (including phenoxy) is 3. The third-order valence-corrected chi connectivity index (χ3v) is 3.36. The van der Waals surface area contributed by atoms with E-state index in [4.69, 9.17) is 14.2 Å². The molecule has 0 aliphatic carbocycles. The second kappa shape index (κ2) is 8.18. The Kier molecular flexibility index (Phi) is 5.99. The maximum absolute atomic E-state index is 13.5. The van der Waals surface area contributed by atoms with Crippen LogP contribution in [0.4, 0.5) is 19.3 Å². The van der Waals surface area contributed by atoms with E-state index in [0.29, 0.717) is 28.9 Å². The quantitative estimate of drug-likeness (QED) is 0.837. The number of methoxy groups -OCH3 is 3. The molecule has 0 saturated carbocycles. The molecule has 0 aliphatic rings. The van der Waals surface area contributed by atoms with E-state index in [0.717, 1.165) is 12.1 Å². The van der Waals surface area contributed by atoms with Gasteiger partial charge in [-0.2, -0.15) is 0 Å². The van der Waals surface area contributed by atoms with Gasteiger partial charge in [0.05, 0.1) is 27.0 Å². The third kappa shape index (κ3) is 4.50. The summed E-state index contributed by atoms with van der Waals surface area (Å²) in [4.78, 5) is 11.9. The Morgan fingerprint density at radius 2 is 1.64 bits per heavy atom. The van der Waals surface area contributed by atoms with Crippen LogP contribution in [-0.4, -0.2) is 27.4 Å². The van der Waals surface area contributed by atoms with E-state index < -0.39 is 17.7 Å². The lowest BCUT2D eigenvalue weighted by Crippen LogP contribution is -2.28. The maximum atomic E-state index is 13.5. The third-order valence-electron chi connectivity index (χ3n) is 3.36. The predicted octanol–water partition coefficient (Wildman–Crippen LogP) is 3.31. The minimum absolute atomic E-state index is 0.121. The SMILES string of the molecule is COc1cc(CNC(=O)Nc2ccc(F)cc2F)cc(OC)c1OC. The number of hydrogen-bond acceptors (Lipinski definition) is 4. The van der Waals surface area contributed by atoms with Gasteiger partial charge in [-0.15, -0.1) is 0 Å². The van der Waals surface area contributed by atoms with Crippen LogP contribution in [-0.2, 0) is 6.54 Å². The van der Waals surface area contributed by atoms with Crippen LogP contribution in [0, 0.1) is 11.6 Å². The largest absolute Gasteiger partial charge is 0.493 e. The Morgan fingerprint density at radius 1 is 1.00 bits per heavy atom. The van der Waals surface area contributed by atoms with Gasteiger partial charge in [-0.25, -0.2) is 13.6 Å². The van der Waals surface area contributed by atoms with Crippen molar-refractivity contribution in [3.63, 3.8) is 0 Å². The smallest absolute Gasteiger partial charge is 0.319 e. The molecule has 0 saturated heterocycles. The molecule has 2 rings (SSSR count). The van der Waals surface area contributed by atoms with E-state index in [2.05, 4.69) is 10.6 Å². The van der Waals surface area contributed by atoms with Crippen LogP contribution in [0.3, 0.4) is 0 Å². The van der Waals surface area contributed by atoms with Gasteiger partial charge in [-0.3, -0.25) is 0 Å². The summed E-state index contributed by atoms with van der Waals surface area (Å²) in [5, 5.41) is 4.88. The highest BCUT2D eigenvalue weighted by Gasteiger charge is 2.14. The van der Waals surface area contributed by atoms with Gasteiger partial charge >= 0.3 is 6.03 Å². The van der Waals surface area contributed by atoms with Crippen LogP contribution in [0.5, 0.6) is 17.2 Å². The molecule has 0 bridgehead atoms. The Bertz CT molecular complexity index is 743. The molecule has 0 aromatic heterocycles. The lowest BCUT2D eigenvalue weighted by molar-refractivity contribution is 0.251. The van der Waals surface area contributed by atoms with Crippen LogP contribution in [0.2, 0.25) is 0 Å². The van der Waals surface area contributed by atoms with E-state index in [1.165, 1.54) is 21.3 Å². The van der Waals surface area contributed by atoms with Gasteiger partial charge in [0.25, 0.3) is 0 Å². The zero-order chi connectivity index (χ0) is 18.4. The Hall–Kier alpha value is -3.03. The van der Waals surface area contributed by atoms with E-state index >= 15 is 0 Å². The number of nitrogens with one attached hydrogen (secondary N) is 2. The summed E-state index contributed by atoms with van der Waals surface area (Å²) >= 11 is 0. The number of benzene rings is 2. The van der Waals surface area contributed by atoms with E-state index in [1.54, 1.807) is 12.1 Å². The van der Waals surface area contributed by atoms with Crippen molar-refractivity contribution in [1.82, 2.24) is 5.32 Å². The number of halogens is 2. The van der Waals surface area contributed by atoms with Crippen molar-refractivity contribution >= 4 is 11.7 Å². The molecule has 6 nitrogen and oxygen atoms in total. The molecule has 0 fully saturated rings. The van der Waals surface area contributed by atoms with Crippen molar-refractivity contribution in [2.24, 2.45) is 0 Å². The highest BCUT2D eigenvalue weighted by atomic mass is 19.1. The average Bonchev–Trinajstić information content (AvgIpc) is 2.61. The standard InChI is InChI=1S/C17H18F2N2O4/c1-23-14-6-10(7-15(24-2)16(14)25-3)9-20-17(22)21-13-5-4-11(18)8-12(13)19/h4-8H,9H2,1-3H3,(H2,20,21,22). The zero-order valence-corrected chi connectivity index (χ0v) is 14.0. The topological polar surface area (TPSA) is 68.8 Å². The molecule has 2 N–H and O–H groups in total. The summed E-state index contributed by atoms with van der Waals surface area (Å²) < 4.78 is 42.1. The fourth-order valence-corrected chi connectivity index (χ4v) is 2.18. The molecule has 0 atom stereocenters. The van der Waals surface area contributed by atoms with Gasteiger partial charge in [-0.05, 0) is 29.8 Å². The van der Waals surface area contributed by atoms with Gasteiger partial charge in [0, 0.05) is 12.6 Å². The molecule has 0 aliphatic heterocycles. The lowest BCUT2D eigenvalue weighted by Gasteiger charge is -2.14. The van der Waals surface area contributed by atoms with Crippen LogP contribution in [0.15, 0.2) is 30.3 Å². The molecular formula is C17H18F2N2O4. The first-order valence-electron chi connectivity index (χ1n) is 7.27. The highest BCUT2D eigenvalue weighted by molar-refractivity contribution is 5.89. The summed E-state index contributed by atoms with van der Waals surface area (Å²) in [5.41, 5.74) is 0.563. The molecule has 2 amide bonds.